The van der Waals surface area contributed by atoms with Crippen molar-refractivity contribution in [1.29, 1.82) is 0 Å². The van der Waals surface area contributed by atoms with Gasteiger partial charge in [-0.2, -0.15) is 0 Å². The Morgan fingerprint density at radius 1 is 1.11 bits per heavy atom. The normalized spacial score (nSPS) is 12.2. The lowest BCUT2D eigenvalue weighted by Crippen LogP contribution is -2.14. The van der Waals surface area contributed by atoms with Gasteiger partial charge in [-0.1, -0.05) is 6.07 Å². The fourth-order valence-electron chi connectivity index (χ4n) is 1.72. The second kappa shape index (κ2) is 5.22. The van der Waals surface area contributed by atoms with E-state index in [1.165, 1.54) is 13.1 Å². The number of Topliss-reactive ketones (excluding diaryl/α,β-unsaturated/α-hetero) is 1. The Hall–Kier alpha value is -2.17. The number of ketones is 1. The molecule has 0 aliphatic carbocycles. The molecule has 2 nitrogen and oxygen atoms in total. The fourth-order valence-corrected chi connectivity index (χ4v) is 1.72. The van der Waals surface area contributed by atoms with Gasteiger partial charge in [-0.3, -0.25) is 9.78 Å². The molecule has 98 valence electrons. The van der Waals surface area contributed by atoms with Gasteiger partial charge in [-0.05, 0) is 31.2 Å². The number of halogens is 3. The van der Waals surface area contributed by atoms with Crippen LogP contribution in [-0.2, 0) is 0 Å². The molecule has 19 heavy (non-hydrogen) atoms. The summed E-state index contributed by atoms with van der Waals surface area (Å²) in [6, 6.07) is 6.65. The standard InChI is InChI=1S/C14H10F3NO/c1-8(11-4-2-3-7-18-11)14(19)9-5-6-10(15)13(17)12(9)16/h2-8H,1H3. The number of nitrogens with zero attached hydrogens (tertiary/aromatic N) is 1. The van der Waals surface area contributed by atoms with E-state index in [-0.39, 0.29) is 0 Å². The Labute approximate surface area is 107 Å². The SMILES string of the molecule is CC(C(=O)c1ccc(F)c(F)c1F)c1ccccn1. The zero-order valence-electron chi connectivity index (χ0n) is 10.0. The molecule has 1 heterocycles. The highest BCUT2D eigenvalue weighted by atomic mass is 19.2. The van der Waals surface area contributed by atoms with E-state index in [9.17, 15) is 18.0 Å². The number of carbonyl (C=O) groups excluding carboxylic acids is 1. The average Bonchev–Trinajstić information content (AvgIpc) is 2.44. The first-order chi connectivity index (χ1) is 9.02. The van der Waals surface area contributed by atoms with Crippen LogP contribution in [0.15, 0.2) is 36.5 Å². The van der Waals surface area contributed by atoms with Crippen molar-refractivity contribution in [2.75, 3.05) is 0 Å². The number of hydrogen-bond acceptors (Lipinski definition) is 2. The maximum absolute atomic E-state index is 13.5. The number of pyridine rings is 1. The highest BCUT2D eigenvalue weighted by molar-refractivity contribution is 6.00. The zero-order chi connectivity index (χ0) is 14.0. The minimum atomic E-state index is -1.64. The van der Waals surface area contributed by atoms with Crippen LogP contribution in [0.3, 0.4) is 0 Å². The monoisotopic (exact) mass is 265 g/mol. The van der Waals surface area contributed by atoms with Crippen LogP contribution in [0.1, 0.15) is 28.9 Å². The van der Waals surface area contributed by atoms with Gasteiger partial charge in [0.25, 0.3) is 0 Å². The minimum Gasteiger partial charge on any atom is -0.293 e. The highest BCUT2D eigenvalue weighted by Crippen LogP contribution is 2.22. The summed E-state index contributed by atoms with van der Waals surface area (Å²) in [6.07, 6.45) is 1.50. The van der Waals surface area contributed by atoms with Crippen LogP contribution in [0, 0.1) is 17.5 Å². The molecule has 5 heteroatoms. The summed E-state index contributed by atoms with van der Waals surface area (Å²) < 4.78 is 39.4. The van der Waals surface area contributed by atoms with Crippen LogP contribution < -0.4 is 0 Å². The lowest BCUT2D eigenvalue weighted by Gasteiger charge is -2.10. The molecule has 0 saturated carbocycles. The van der Waals surface area contributed by atoms with Crippen molar-refractivity contribution >= 4 is 5.78 Å². The van der Waals surface area contributed by atoms with Crippen LogP contribution in [0.2, 0.25) is 0 Å². The molecule has 1 aromatic carbocycles. The summed E-state index contributed by atoms with van der Waals surface area (Å²) >= 11 is 0. The van der Waals surface area contributed by atoms with E-state index in [0.717, 1.165) is 12.1 Å². The molecule has 1 atom stereocenters. The smallest absolute Gasteiger partial charge is 0.195 e. The molecule has 2 aromatic rings. The van der Waals surface area contributed by atoms with Gasteiger partial charge in [0.2, 0.25) is 0 Å². The summed E-state index contributed by atoms with van der Waals surface area (Å²) in [6.45, 7) is 1.53. The van der Waals surface area contributed by atoms with Gasteiger partial charge in [-0.25, -0.2) is 13.2 Å². The first kappa shape index (κ1) is 13.3. The Kier molecular flexibility index (Phi) is 3.64. The predicted molar refractivity (Wildman–Crippen MR) is 63.3 cm³/mol. The van der Waals surface area contributed by atoms with Gasteiger partial charge in [0.05, 0.1) is 17.2 Å². The quantitative estimate of drug-likeness (QED) is 0.628. The van der Waals surface area contributed by atoms with Gasteiger partial charge < -0.3 is 0 Å². The Morgan fingerprint density at radius 3 is 2.47 bits per heavy atom. The molecule has 0 amide bonds. The third-order valence-corrected chi connectivity index (χ3v) is 2.83. The molecule has 2 rings (SSSR count). The molecule has 0 aliphatic heterocycles. The molecule has 0 fully saturated rings. The molecule has 0 bridgehead atoms. The van der Waals surface area contributed by atoms with Crippen LogP contribution in [0.5, 0.6) is 0 Å². The predicted octanol–water partition coefficient (Wildman–Crippen LogP) is 3.49. The molecule has 1 unspecified atom stereocenters. The summed E-state index contributed by atoms with van der Waals surface area (Å²) in [4.78, 5) is 16.0. The zero-order valence-corrected chi connectivity index (χ0v) is 10.0. The third kappa shape index (κ3) is 2.50. The maximum atomic E-state index is 13.5. The largest absolute Gasteiger partial charge is 0.293 e. The number of carbonyl (C=O) groups is 1. The summed E-state index contributed by atoms with van der Waals surface area (Å²) in [7, 11) is 0. The van der Waals surface area contributed by atoms with E-state index in [1.54, 1.807) is 18.2 Å². The van der Waals surface area contributed by atoms with Crippen molar-refractivity contribution in [3.8, 4) is 0 Å². The van der Waals surface area contributed by atoms with E-state index < -0.39 is 34.7 Å². The molecule has 0 spiro atoms. The van der Waals surface area contributed by atoms with Crippen LogP contribution >= 0.6 is 0 Å². The van der Waals surface area contributed by atoms with Crippen molar-refractivity contribution in [3.05, 3.63) is 65.2 Å². The first-order valence-electron chi connectivity index (χ1n) is 5.61. The lowest BCUT2D eigenvalue weighted by molar-refractivity contribution is 0.0959. The van der Waals surface area contributed by atoms with E-state index in [4.69, 9.17) is 0 Å². The summed E-state index contributed by atoms with van der Waals surface area (Å²) in [5.74, 6) is -5.80. The van der Waals surface area contributed by atoms with E-state index in [0.29, 0.717) is 5.69 Å². The minimum absolute atomic E-state index is 0.441. The molecule has 1 aromatic heterocycles. The number of rotatable bonds is 3. The van der Waals surface area contributed by atoms with Crippen molar-refractivity contribution in [2.24, 2.45) is 0 Å². The van der Waals surface area contributed by atoms with Gasteiger partial charge >= 0.3 is 0 Å². The summed E-state index contributed by atoms with van der Waals surface area (Å²) in [5, 5.41) is 0. The van der Waals surface area contributed by atoms with Gasteiger partial charge in [0.1, 0.15) is 0 Å². The van der Waals surface area contributed by atoms with Crippen LogP contribution in [0.25, 0.3) is 0 Å². The van der Waals surface area contributed by atoms with Gasteiger partial charge in [-0.15, -0.1) is 0 Å². The average molecular weight is 265 g/mol. The van der Waals surface area contributed by atoms with Crippen LogP contribution in [0.4, 0.5) is 13.2 Å². The Bertz CT molecular complexity index is 614. The molecular formula is C14H10F3NO. The van der Waals surface area contributed by atoms with E-state index in [1.807, 2.05) is 0 Å². The second-order valence-electron chi connectivity index (χ2n) is 4.06. The second-order valence-corrected chi connectivity index (χ2v) is 4.06. The van der Waals surface area contributed by atoms with Gasteiger partial charge in [0.15, 0.2) is 23.2 Å². The van der Waals surface area contributed by atoms with Gasteiger partial charge in [0, 0.05) is 6.20 Å². The highest BCUT2D eigenvalue weighted by Gasteiger charge is 2.24. The Morgan fingerprint density at radius 2 is 1.84 bits per heavy atom. The topological polar surface area (TPSA) is 30.0 Å². The Balaban J connectivity index is 2.38. The van der Waals surface area contributed by atoms with Crippen molar-refractivity contribution in [3.63, 3.8) is 0 Å². The maximum Gasteiger partial charge on any atom is 0.195 e. The van der Waals surface area contributed by atoms with Crippen molar-refractivity contribution in [2.45, 2.75) is 12.8 Å². The van der Waals surface area contributed by atoms with Crippen molar-refractivity contribution < 1.29 is 18.0 Å². The van der Waals surface area contributed by atoms with E-state index >= 15 is 0 Å². The number of aromatic nitrogens is 1. The number of hydrogen-bond donors (Lipinski definition) is 0. The summed E-state index contributed by atoms with van der Waals surface area (Å²) in [5.41, 5.74) is -0.0336. The fraction of sp³-hybridized carbons (Fsp3) is 0.143. The molecule has 0 radical (unpaired) electrons. The lowest BCUT2D eigenvalue weighted by atomic mass is 9.95. The first-order valence-corrected chi connectivity index (χ1v) is 5.61. The van der Waals surface area contributed by atoms with Crippen LogP contribution in [-0.4, -0.2) is 10.8 Å². The molecule has 0 saturated heterocycles. The number of benzene rings is 1. The molecule has 0 N–H and O–H groups in total. The molecular weight excluding hydrogens is 255 g/mol. The van der Waals surface area contributed by atoms with E-state index in [2.05, 4.69) is 4.98 Å². The molecule has 0 aliphatic rings. The van der Waals surface area contributed by atoms with Crippen molar-refractivity contribution in [1.82, 2.24) is 4.98 Å². The third-order valence-electron chi connectivity index (χ3n) is 2.83.